The van der Waals surface area contributed by atoms with Crippen LogP contribution in [0.4, 0.5) is 0 Å². The van der Waals surface area contributed by atoms with Gasteiger partial charge in [0.1, 0.15) is 0 Å². The van der Waals surface area contributed by atoms with Gasteiger partial charge in [-0.2, -0.15) is 0 Å². The lowest BCUT2D eigenvalue weighted by molar-refractivity contribution is 0.272. The van der Waals surface area contributed by atoms with Crippen LogP contribution in [0.25, 0.3) is 0 Å². The number of unbranched alkanes of at least 4 members (excludes halogenated alkanes) is 2. The second kappa shape index (κ2) is 32.0. The Kier molecular flexibility index (Phi) is 36.1. The van der Waals surface area contributed by atoms with Gasteiger partial charge >= 0.3 is 0 Å². The highest BCUT2D eigenvalue weighted by atomic mass is 14.2. The summed E-state index contributed by atoms with van der Waals surface area (Å²) in [6.07, 6.45) is 27.2. The van der Waals surface area contributed by atoms with Gasteiger partial charge in [-0.05, 0) is 104 Å². The fourth-order valence-electron chi connectivity index (χ4n) is 6.69. The van der Waals surface area contributed by atoms with E-state index in [0.717, 1.165) is 29.6 Å². The molecule has 0 amide bonds. The third-order valence-corrected chi connectivity index (χ3v) is 9.92. The van der Waals surface area contributed by atoms with Crippen LogP contribution in [0.5, 0.6) is 0 Å². The van der Waals surface area contributed by atoms with Crippen molar-refractivity contribution in [3.63, 3.8) is 0 Å². The molecular formula is C51H108. The summed E-state index contributed by atoms with van der Waals surface area (Å²) in [4.78, 5) is 0. The lowest BCUT2D eigenvalue weighted by Gasteiger charge is -2.25. The van der Waals surface area contributed by atoms with Crippen molar-refractivity contribution in [1.29, 1.82) is 0 Å². The van der Waals surface area contributed by atoms with Crippen LogP contribution in [0.15, 0.2) is 11.6 Å². The number of hydrogen-bond acceptors (Lipinski definition) is 0. The van der Waals surface area contributed by atoms with Gasteiger partial charge < -0.3 is 0 Å². The van der Waals surface area contributed by atoms with Gasteiger partial charge in [-0.1, -0.05) is 227 Å². The summed E-state index contributed by atoms with van der Waals surface area (Å²) in [5, 5.41) is 0. The Labute approximate surface area is 329 Å². The van der Waals surface area contributed by atoms with E-state index < -0.39 is 0 Å². The predicted molar refractivity (Wildman–Crippen MR) is 243 cm³/mol. The van der Waals surface area contributed by atoms with Crippen LogP contribution in [-0.2, 0) is 0 Å². The summed E-state index contributed by atoms with van der Waals surface area (Å²) in [7, 11) is 0. The zero-order chi connectivity index (χ0) is 40.9. The van der Waals surface area contributed by atoms with Crippen molar-refractivity contribution in [3.8, 4) is 0 Å². The van der Waals surface area contributed by atoms with E-state index in [-0.39, 0.29) is 0 Å². The Morgan fingerprint density at radius 3 is 1.22 bits per heavy atom. The summed E-state index contributed by atoms with van der Waals surface area (Å²) in [6, 6.07) is 0. The Morgan fingerprint density at radius 2 is 0.863 bits per heavy atom. The summed E-state index contributed by atoms with van der Waals surface area (Å²) in [6.45, 7) is 51.1. The molecule has 51 heavy (non-hydrogen) atoms. The lowest BCUT2D eigenvalue weighted by atomic mass is 9.81. The standard InChI is InChI=1S/C14H30.C14H28.C12H26.C11H24/c2*1-12(2)8-7-9-13(3)10-11-14(4,5)6;1-6-8-9-11(7-2)10-12(3,4)5;1-6-7-8-10(2)9-11(3,4)5/h12-13H,7-11H2,1-6H3;8,13H,7,9-11H2,1-6H3;11H,6-10H2,1-5H3;10H,6-9H2,1-5H3. The van der Waals surface area contributed by atoms with E-state index in [1.54, 1.807) is 0 Å². The first kappa shape index (κ1) is 57.5. The highest BCUT2D eigenvalue weighted by Gasteiger charge is 2.17. The van der Waals surface area contributed by atoms with Crippen molar-refractivity contribution < 1.29 is 0 Å². The second-order valence-electron chi connectivity index (χ2n) is 22.8. The van der Waals surface area contributed by atoms with Crippen LogP contribution < -0.4 is 0 Å². The van der Waals surface area contributed by atoms with Gasteiger partial charge in [0.15, 0.2) is 0 Å². The maximum atomic E-state index is 2.41. The van der Waals surface area contributed by atoms with Gasteiger partial charge in [0.2, 0.25) is 0 Å². The van der Waals surface area contributed by atoms with Crippen LogP contribution in [0.1, 0.15) is 268 Å². The Hall–Kier alpha value is -0.260. The van der Waals surface area contributed by atoms with E-state index in [4.69, 9.17) is 0 Å². The molecule has 0 fully saturated rings. The zero-order valence-corrected chi connectivity index (χ0v) is 40.7. The van der Waals surface area contributed by atoms with Crippen molar-refractivity contribution in [2.24, 2.45) is 51.2 Å². The fraction of sp³-hybridized carbons (Fsp3) is 0.961. The Morgan fingerprint density at radius 1 is 0.451 bits per heavy atom. The molecule has 0 aromatic rings. The summed E-state index contributed by atoms with van der Waals surface area (Å²) in [5.41, 5.74) is 3.52. The fourth-order valence-corrected chi connectivity index (χ4v) is 6.69. The molecule has 0 nitrogen and oxygen atoms in total. The largest absolute Gasteiger partial charge is 0.0859 e. The first-order valence-corrected chi connectivity index (χ1v) is 22.7. The molecule has 4 unspecified atom stereocenters. The SMILES string of the molecule is CC(C)=CCCC(C)CCC(C)(C)C.CC(C)CCCC(C)CCC(C)(C)C.CCCCC(C)CC(C)(C)C.CCCCC(CC)CC(C)(C)C. The van der Waals surface area contributed by atoms with E-state index in [9.17, 15) is 0 Å². The highest BCUT2D eigenvalue weighted by molar-refractivity contribution is 4.92. The van der Waals surface area contributed by atoms with E-state index in [1.165, 1.54) is 121 Å². The molecule has 312 valence electrons. The Balaban J connectivity index is -0.000000290. The van der Waals surface area contributed by atoms with E-state index >= 15 is 0 Å². The quantitative estimate of drug-likeness (QED) is 0.110. The summed E-state index contributed by atoms with van der Waals surface area (Å²) in [5.74, 6) is 4.56. The molecule has 0 heteroatoms. The maximum absolute atomic E-state index is 2.41. The van der Waals surface area contributed by atoms with Gasteiger partial charge in [-0.25, -0.2) is 0 Å². The summed E-state index contributed by atoms with van der Waals surface area (Å²) < 4.78 is 0. The molecule has 0 aromatic heterocycles. The molecule has 0 radical (unpaired) electrons. The van der Waals surface area contributed by atoms with Gasteiger partial charge in [0.25, 0.3) is 0 Å². The monoisotopic (exact) mass is 721 g/mol. The molecule has 0 aliphatic carbocycles. The minimum atomic E-state index is 0.505. The van der Waals surface area contributed by atoms with Crippen molar-refractivity contribution in [2.45, 2.75) is 268 Å². The number of allylic oxidation sites excluding steroid dienone is 2. The molecule has 0 aliphatic rings. The topological polar surface area (TPSA) is 0 Å². The molecule has 0 saturated heterocycles. The minimum absolute atomic E-state index is 0.505. The summed E-state index contributed by atoms with van der Waals surface area (Å²) >= 11 is 0. The number of hydrogen-bond donors (Lipinski definition) is 0. The average molecular weight is 721 g/mol. The number of rotatable bonds is 20. The van der Waals surface area contributed by atoms with Crippen LogP contribution in [0.3, 0.4) is 0 Å². The molecule has 0 bridgehead atoms. The average Bonchev–Trinajstić information content (AvgIpc) is 2.94. The molecule has 4 atom stereocenters. The third-order valence-electron chi connectivity index (χ3n) is 9.92. The van der Waals surface area contributed by atoms with E-state index in [2.05, 4.69) is 158 Å². The normalized spacial score (nSPS) is 14.6. The van der Waals surface area contributed by atoms with E-state index in [1.807, 2.05) is 0 Å². The van der Waals surface area contributed by atoms with Crippen LogP contribution in [0, 0.1) is 51.2 Å². The van der Waals surface area contributed by atoms with Crippen molar-refractivity contribution in [3.05, 3.63) is 11.6 Å². The third kappa shape index (κ3) is 59.3. The molecule has 0 heterocycles. The second-order valence-corrected chi connectivity index (χ2v) is 22.8. The van der Waals surface area contributed by atoms with Crippen LogP contribution >= 0.6 is 0 Å². The minimum Gasteiger partial charge on any atom is -0.0859 e. The zero-order valence-electron chi connectivity index (χ0n) is 40.7. The molecule has 0 spiro atoms. The first-order valence-electron chi connectivity index (χ1n) is 22.7. The molecule has 0 saturated carbocycles. The predicted octanol–water partition coefficient (Wildman–Crippen LogP) is 19.4. The van der Waals surface area contributed by atoms with Gasteiger partial charge in [-0.15, -0.1) is 0 Å². The molecule has 0 N–H and O–H groups in total. The molecule has 0 aliphatic heterocycles. The molecular weight excluding hydrogens is 613 g/mol. The van der Waals surface area contributed by atoms with Crippen LogP contribution in [0.2, 0.25) is 0 Å². The van der Waals surface area contributed by atoms with Gasteiger partial charge in [0, 0.05) is 0 Å². The molecule has 0 rings (SSSR count). The molecule has 0 aromatic carbocycles. The Bertz CT molecular complexity index is 733. The van der Waals surface area contributed by atoms with Crippen molar-refractivity contribution >= 4 is 0 Å². The first-order chi connectivity index (χ1) is 23.1. The lowest BCUT2D eigenvalue weighted by Crippen LogP contribution is -2.12. The van der Waals surface area contributed by atoms with Crippen molar-refractivity contribution in [1.82, 2.24) is 0 Å². The smallest absolute Gasteiger partial charge is 0.0346 e. The van der Waals surface area contributed by atoms with Gasteiger partial charge in [-0.3, -0.25) is 0 Å². The maximum Gasteiger partial charge on any atom is -0.0346 e. The van der Waals surface area contributed by atoms with Crippen LogP contribution in [-0.4, -0.2) is 0 Å². The van der Waals surface area contributed by atoms with Crippen molar-refractivity contribution in [2.75, 3.05) is 0 Å². The van der Waals surface area contributed by atoms with E-state index in [0.29, 0.717) is 21.7 Å². The van der Waals surface area contributed by atoms with Gasteiger partial charge in [0.05, 0.1) is 0 Å². The highest BCUT2D eigenvalue weighted by Crippen LogP contribution is 2.30.